The van der Waals surface area contributed by atoms with Gasteiger partial charge in [-0.05, 0) is 37.0 Å². The summed E-state index contributed by atoms with van der Waals surface area (Å²) < 4.78 is 7.33. The van der Waals surface area contributed by atoms with E-state index in [1.807, 2.05) is 19.3 Å². The Kier molecular flexibility index (Phi) is 5.97. The van der Waals surface area contributed by atoms with Crippen LogP contribution in [-0.4, -0.2) is 22.1 Å². The zero-order valence-corrected chi connectivity index (χ0v) is 14.5. The number of carbonyl (C=O) groups excluding carboxylic acids is 1. The predicted octanol–water partition coefficient (Wildman–Crippen LogP) is 4.00. The van der Waals surface area contributed by atoms with E-state index in [0.29, 0.717) is 19.6 Å². The number of aromatic nitrogens is 2. The van der Waals surface area contributed by atoms with Crippen molar-refractivity contribution in [1.29, 1.82) is 0 Å². The van der Waals surface area contributed by atoms with Gasteiger partial charge in [-0.1, -0.05) is 32.0 Å². The van der Waals surface area contributed by atoms with Crippen molar-refractivity contribution in [3.8, 4) is 0 Å². The second-order valence-electron chi connectivity index (χ2n) is 5.96. The van der Waals surface area contributed by atoms with Crippen LogP contribution < -0.4 is 0 Å². The van der Waals surface area contributed by atoms with Gasteiger partial charge in [0.05, 0.1) is 6.54 Å². The minimum absolute atomic E-state index is 0.128. The van der Waals surface area contributed by atoms with Gasteiger partial charge in [-0.25, -0.2) is 4.98 Å². The molecule has 0 bridgehead atoms. The molecule has 23 heavy (non-hydrogen) atoms. The average molecular weight is 314 g/mol. The van der Waals surface area contributed by atoms with Crippen LogP contribution in [0.5, 0.6) is 0 Å². The van der Waals surface area contributed by atoms with E-state index in [1.54, 1.807) is 0 Å². The van der Waals surface area contributed by atoms with Gasteiger partial charge < -0.3 is 9.30 Å². The molecular formula is C19H26N2O2. The fraction of sp³-hybridized carbons (Fsp3) is 0.474. The normalized spacial score (nSPS) is 12.2. The maximum absolute atomic E-state index is 11.4. The largest absolute Gasteiger partial charge is 0.464 e. The topological polar surface area (TPSA) is 44.1 Å². The van der Waals surface area contributed by atoms with Crippen LogP contribution in [0, 0.1) is 13.8 Å². The van der Waals surface area contributed by atoms with E-state index in [4.69, 9.17) is 4.74 Å². The second-order valence-corrected chi connectivity index (χ2v) is 5.96. The van der Waals surface area contributed by atoms with Crippen molar-refractivity contribution >= 4 is 5.97 Å². The van der Waals surface area contributed by atoms with E-state index in [1.165, 1.54) is 16.7 Å². The highest BCUT2D eigenvalue weighted by Crippen LogP contribution is 2.27. The van der Waals surface area contributed by atoms with Gasteiger partial charge >= 0.3 is 5.97 Å². The Bertz CT molecular complexity index is 661. The van der Waals surface area contributed by atoms with Gasteiger partial charge in [-0.3, -0.25) is 4.79 Å². The summed E-state index contributed by atoms with van der Waals surface area (Å²) in [6.45, 7) is 9.46. The minimum Gasteiger partial charge on any atom is -0.464 e. The number of rotatable bonds is 7. The molecule has 2 aromatic rings. The van der Waals surface area contributed by atoms with Gasteiger partial charge in [0.1, 0.15) is 12.4 Å². The Morgan fingerprint density at radius 2 is 2.13 bits per heavy atom. The van der Waals surface area contributed by atoms with Crippen LogP contribution in [-0.2, 0) is 16.1 Å². The number of hydrogen-bond donors (Lipinski definition) is 0. The molecule has 2 rings (SSSR count). The number of benzene rings is 1. The lowest BCUT2D eigenvalue weighted by molar-refractivity contribution is -0.143. The van der Waals surface area contributed by atoms with Crippen LogP contribution in [0.15, 0.2) is 30.6 Å². The first-order chi connectivity index (χ1) is 11.0. The number of carbonyl (C=O) groups is 1. The monoisotopic (exact) mass is 314 g/mol. The van der Waals surface area contributed by atoms with E-state index in [9.17, 15) is 4.79 Å². The molecule has 0 saturated carbocycles. The summed E-state index contributed by atoms with van der Waals surface area (Å²) in [7, 11) is 0. The van der Waals surface area contributed by atoms with Crippen molar-refractivity contribution < 1.29 is 9.53 Å². The van der Waals surface area contributed by atoms with Gasteiger partial charge in [0, 0.05) is 24.7 Å². The Labute approximate surface area is 138 Å². The number of aryl methyl sites for hydroxylation is 1. The van der Waals surface area contributed by atoms with Crippen molar-refractivity contribution in [1.82, 2.24) is 9.55 Å². The molecule has 0 amide bonds. The van der Waals surface area contributed by atoms with Gasteiger partial charge in [0.2, 0.25) is 0 Å². The molecule has 0 fully saturated rings. The average Bonchev–Trinajstić information content (AvgIpc) is 2.98. The lowest BCUT2D eigenvalue weighted by Crippen LogP contribution is -2.14. The molecule has 1 atom stereocenters. The number of imidazole rings is 1. The first kappa shape index (κ1) is 17.3. The lowest BCUT2D eigenvalue weighted by Gasteiger charge is -2.17. The maximum Gasteiger partial charge on any atom is 0.305 e. The van der Waals surface area contributed by atoms with Gasteiger partial charge in [0.15, 0.2) is 0 Å². The Morgan fingerprint density at radius 3 is 2.87 bits per heavy atom. The molecule has 1 aromatic carbocycles. The standard InChI is InChI=1S/C19H26N2O2/c1-5-7-18(22)23-13-12-21-11-10-20-19(21)16(4)17-9-6-8-14(2)15(17)3/h6,8-11,16H,5,7,12-13H2,1-4H3. The molecule has 0 N–H and O–H groups in total. The second kappa shape index (κ2) is 7.95. The zero-order chi connectivity index (χ0) is 16.8. The fourth-order valence-corrected chi connectivity index (χ4v) is 2.81. The molecule has 1 aromatic heterocycles. The summed E-state index contributed by atoms with van der Waals surface area (Å²) in [5, 5.41) is 0. The first-order valence-corrected chi connectivity index (χ1v) is 8.27. The van der Waals surface area contributed by atoms with Gasteiger partial charge in [-0.2, -0.15) is 0 Å². The molecule has 0 aliphatic carbocycles. The number of nitrogens with zero attached hydrogens (tertiary/aromatic N) is 2. The van der Waals surface area contributed by atoms with Crippen LogP contribution in [0.1, 0.15) is 55.1 Å². The third-order valence-corrected chi connectivity index (χ3v) is 4.30. The Morgan fingerprint density at radius 1 is 1.35 bits per heavy atom. The summed E-state index contributed by atoms with van der Waals surface area (Å²) in [6, 6.07) is 6.38. The minimum atomic E-state index is -0.128. The maximum atomic E-state index is 11.4. The molecule has 0 spiro atoms. The first-order valence-electron chi connectivity index (χ1n) is 8.27. The van der Waals surface area contributed by atoms with E-state index in [2.05, 4.69) is 48.5 Å². The molecule has 4 heteroatoms. The van der Waals surface area contributed by atoms with E-state index in [0.717, 1.165) is 12.2 Å². The third-order valence-electron chi connectivity index (χ3n) is 4.30. The van der Waals surface area contributed by atoms with Crippen LogP contribution in [0.25, 0.3) is 0 Å². The van der Waals surface area contributed by atoms with E-state index < -0.39 is 0 Å². The summed E-state index contributed by atoms with van der Waals surface area (Å²) in [5.41, 5.74) is 3.89. The highest BCUT2D eigenvalue weighted by Gasteiger charge is 2.17. The number of ether oxygens (including phenoxy) is 1. The molecule has 0 aliphatic rings. The van der Waals surface area contributed by atoms with Crippen molar-refractivity contribution in [2.45, 2.75) is 53.0 Å². The van der Waals surface area contributed by atoms with Crippen LogP contribution >= 0.6 is 0 Å². The van der Waals surface area contributed by atoms with Crippen molar-refractivity contribution in [3.63, 3.8) is 0 Å². The smallest absolute Gasteiger partial charge is 0.305 e. The molecular weight excluding hydrogens is 288 g/mol. The van der Waals surface area contributed by atoms with Crippen LogP contribution in [0.3, 0.4) is 0 Å². The van der Waals surface area contributed by atoms with Gasteiger partial charge in [-0.15, -0.1) is 0 Å². The van der Waals surface area contributed by atoms with Gasteiger partial charge in [0.25, 0.3) is 0 Å². The Balaban J connectivity index is 2.08. The summed E-state index contributed by atoms with van der Waals surface area (Å²) >= 11 is 0. The van der Waals surface area contributed by atoms with Crippen molar-refractivity contribution in [2.75, 3.05) is 6.61 Å². The van der Waals surface area contributed by atoms with E-state index >= 15 is 0 Å². The van der Waals surface area contributed by atoms with Crippen molar-refractivity contribution in [2.24, 2.45) is 0 Å². The van der Waals surface area contributed by atoms with E-state index in [-0.39, 0.29) is 11.9 Å². The molecule has 124 valence electrons. The summed E-state index contributed by atoms with van der Waals surface area (Å²) in [4.78, 5) is 16.0. The zero-order valence-electron chi connectivity index (χ0n) is 14.5. The quantitative estimate of drug-likeness (QED) is 0.726. The van der Waals surface area contributed by atoms with Crippen LogP contribution in [0.2, 0.25) is 0 Å². The molecule has 1 unspecified atom stereocenters. The fourth-order valence-electron chi connectivity index (χ4n) is 2.81. The highest BCUT2D eigenvalue weighted by atomic mass is 16.5. The molecule has 0 radical (unpaired) electrons. The SMILES string of the molecule is CCCC(=O)OCCn1ccnc1C(C)c1cccc(C)c1C. The van der Waals surface area contributed by atoms with Crippen molar-refractivity contribution in [3.05, 3.63) is 53.1 Å². The molecule has 0 saturated heterocycles. The molecule has 0 aliphatic heterocycles. The number of hydrogen-bond acceptors (Lipinski definition) is 3. The Hall–Kier alpha value is -2.10. The molecule has 1 heterocycles. The summed E-state index contributed by atoms with van der Waals surface area (Å²) in [6.07, 6.45) is 5.06. The summed E-state index contributed by atoms with van der Waals surface area (Å²) in [5.74, 6) is 1.08. The highest BCUT2D eigenvalue weighted by molar-refractivity contribution is 5.69. The predicted molar refractivity (Wildman–Crippen MR) is 91.5 cm³/mol. The number of esters is 1. The molecule has 4 nitrogen and oxygen atoms in total. The lowest BCUT2D eigenvalue weighted by atomic mass is 9.93. The third kappa shape index (κ3) is 4.21. The van der Waals surface area contributed by atoms with Crippen LogP contribution in [0.4, 0.5) is 0 Å².